The maximum atomic E-state index is 11.8. The van der Waals surface area contributed by atoms with Gasteiger partial charge in [-0.25, -0.2) is 0 Å². The molecule has 0 spiro atoms. The van der Waals surface area contributed by atoms with Gasteiger partial charge in [-0.1, -0.05) is 12.1 Å². The third-order valence-electron chi connectivity index (χ3n) is 2.33. The SMILES string of the molecule is COCCNCc1cccc(SCCOC(F)(F)F)c1. The molecule has 1 aromatic carbocycles. The Morgan fingerprint density at radius 2 is 2.05 bits per heavy atom. The first-order valence-electron chi connectivity index (χ1n) is 6.13. The Morgan fingerprint density at radius 1 is 1.25 bits per heavy atom. The van der Waals surface area contributed by atoms with Gasteiger partial charge in [-0.2, -0.15) is 0 Å². The monoisotopic (exact) mass is 309 g/mol. The minimum atomic E-state index is -4.55. The molecule has 0 heterocycles. The second-order valence-corrected chi connectivity index (χ2v) is 5.13. The van der Waals surface area contributed by atoms with Crippen LogP contribution < -0.4 is 5.32 Å². The fourth-order valence-corrected chi connectivity index (χ4v) is 2.28. The molecule has 0 aliphatic heterocycles. The van der Waals surface area contributed by atoms with E-state index in [1.54, 1.807) is 7.11 Å². The molecule has 1 rings (SSSR count). The molecule has 0 atom stereocenters. The quantitative estimate of drug-likeness (QED) is 0.561. The number of nitrogens with one attached hydrogen (secondary N) is 1. The molecule has 1 aromatic rings. The predicted molar refractivity (Wildman–Crippen MR) is 72.8 cm³/mol. The predicted octanol–water partition coefficient (Wildman–Crippen LogP) is 3.05. The molecule has 0 aliphatic rings. The molecule has 0 saturated heterocycles. The molecule has 0 amide bonds. The molecule has 0 radical (unpaired) electrons. The van der Waals surface area contributed by atoms with Gasteiger partial charge in [0.1, 0.15) is 0 Å². The lowest BCUT2D eigenvalue weighted by Gasteiger charge is -2.08. The van der Waals surface area contributed by atoms with Gasteiger partial charge in [0.25, 0.3) is 0 Å². The van der Waals surface area contributed by atoms with E-state index < -0.39 is 6.36 Å². The largest absolute Gasteiger partial charge is 0.522 e. The van der Waals surface area contributed by atoms with Gasteiger partial charge in [0.15, 0.2) is 0 Å². The lowest BCUT2D eigenvalue weighted by Crippen LogP contribution is -2.18. The summed E-state index contributed by atoms with van der Waals surface area (Å²) in [5, 5.41) is 3.21. The van der Waals surface area contributed by atoms with Gasteiger partial charge in [-0.15, -0.1) is 24.9 Å². The minimum absolute atomic E-state index is 0.264. The highest BCUT2D eigenvalue weighted by Crippen LogP contribution is 2.21. The molecule has 0 saturated carbocycles. The molecule has 3 nitrogen and oxygen atoms in total. The highest BCUT2D eigenvalue weighted by molar-refractivity contribution is 7.99. The molecular formula is C13H18F3NO2S. The van der Waals surface area contributed by atoms with Crippen molar-refractivity contribution in [3.63, 3.8) is 0 Å². The summed E-state index contributed by atoms with van der Waals surface area (Å²) in [6.07, 6.45) is -4.55. The molecule has 0 fully saturated rings. The summed E-state index contributed by atoms with van der Waals surface area (Å²) < 4.78 is 44.0. The summed E-state index contributed by atoms with van der Waals surface area (Å²) in [5.41, 5.74) is 1.09. The Kier molecular flexibility index (Phi) is 7.98. The number of ether oxygens (including phenoxy) is 2. The second-order valence-electron chi connectivity index (χ2n) is 3.96. The Balaban J connectivity index is 2.28. The van der Waals surface area contributed by atoms with E-state index in [9.17, 15) is 13.2 Å². The fraction of sp³-hybridized carbons (Fsp3) is 0.538. The van der Waals surface area contributed by atoms with Crippen molar-refractivity contribution >= 4 is 11.8 Å². The van der Waals surface area contributed by atoms with Gasteiger partial charge in [-0.3, -0.25) is 4.74 Å². The highest BCUT2D eigenvalue weighted by atomic mass is 32.2. The van der Waals surface area contributed by atoms with Gasteiger partial charge < -0.3 is 10.1 Å². The van der Waals surface area contributed by atoms with Crippen LogP contribution in [0, 0.1) is 0 Å². The Bertz CT molecular complexity index is 388. The van der Waals surface area contributed by atoms with Crippen molar-refractivity contribution < 1.29 is 22.6 Å². The second kappa shape index (κ2) is 9.23. The van der Waals surface area contributed by atoms with Gasteiger partial charge in [-0.05, 0) is 17.7 Å². The number of thioether (sulfide) groups is 1. The summed E-state index contributed by atoms with van der Waals surface area (Å²) >= 11 is 1.34. The topological polar surface area (TPSA) is 30.5 Å². The molecule has 1 N–H and O–H groups in total. The maximum absolute atomic E-state index is 11.8. The van der Waals surface area contributed by atoms with Crippen LogP contribution in [0.1, 0.15) is 5.56 Å². The van der Waals surface area contributed by atoms with E-state index in [0.29, 0.717) is 13.2 Å². The summed E-state index contributed by atoms with van der Waals surface area (Å²) in [4.78, 5) is 0.932. The van der Waals surface area contributed by atoms with Crippen LogP contribution in [0.2, 0.25) is 0 Å². The molecule has 20 heavy (non-hydrogen) atoms. The molecule has 0 aromatic heterocycles. The molecular weight excluding hydrogens is 291 g/mol. The standard InChI is InChI=1S/C13H18F3NO2S/c1-18-6-5-17-10-11-3-2-4-12(9-11)20-8-7-19-13(14,15)16/h2-4,9,17H,5-8,10H2,1H3. The van der Waals surface area contributed by atoms with E-state index in [0.717, 1.165) is 17.0 Å². The van der Waals surface area contributed by atoms with E-state index in [2.05, 4.69) is 10.1 Å². The first kappa shape index (κ1) is 17.3. The third-order valence-corrected chi connectivity index (χ3v) is 3.29. The number of hydrogen-bond acceptors (Lipinski definition) is 4. The Morgan fingerprint density at radius 3 is 2.75 bits per heavy atom. The first-order chi connectivity index (χ1) is 9.51. The average molecular weight is 309 g/mol. The van der Waals surface area contributed by atoms with E-state index in [1.165, 1.54) is 11.8 Å². The molecule has 7 heteroatoms. The van der Waals surface area contributed by atoms with Crippen LogP contribution in [-0.4, -0.2) is 39.0 Å². The lowest BCUT2D eigenvalue weighted by molar-refractivity contribution is -0.322. The number of methoxy groups -OCH3 is 1. The number of halogens is 3. The Hall–Kier alpha value is -0.760. The van der Waals surface area contributed by atoms with Crippen molar-refractivity contribution in [2.24, 2.45) is 0 Å². The smallest absolute Gasteiger partial charge is 0.383 e. The summed E-state index contributed by atoms with van der Waals surface area (Å²) in [6, 6.07) is 7.69. The average Bonchev–Trinajstić information content (AvgIpc) is 2.39. The van der Waals surface area contributed by atoms with E-state index in [4.69, 9.17) is 4.74 Å². The minimum Gasteiger partial charge on any atom is -0.383 e. The summed E-state index contributed by atoms with van der Waals surface area (Å²) in [5.74, 6) is 0.264. The van der Waals surface area contributed by atoms with Crippen molar-refractivity contribution in [2.45, 2.75) is 17.8 Å². The fourth-order valence-electron chi connectivity index (χ4n) is 1.47. The van der Waals surface area contributed by atoms with Crippen molar-refractivity contribution in [1.82, 2.24) is 5.32 Å². The highest BCUT2D eigenvalue weighted by Gasteiger charge is 2.28. The molecule has 0 unspecified atom stereocenters. The van der Waals surface area contributed by atoms with Crippen LogP contribution in [-0.2, 0) is 16.0 Å². The molecule has 114 valence electrons. The maximum Gasteiger partial charge on any atom is 0.522 e. The van der Waals surface area contributed by atoms with Crippen LogP contribution in [0.5, 0.6) is 0 Å². The van der Waals surface area contributed by atoms with Crippen LogP contribution in [0.3, 0.4) is 0 Å². The number of benzene rings is 1. The van der Waals surface area contributed by atoms with E-state index in [-0.39, 0.29) is 12.4 Å². The van der Waals surface area contributed by atoms with Crippen molar-refractivity contribution in [3.8, 4) is 0 Å². The van der Waals surface area contributed by atoms with Crippen molar-refractivity contribution in [1.29, 1.82) is 0 Å². The number of alkyl halides is 3. The zero-order chi connectivity index (χ0) is 14.8. The zero-order valence-electron chi connectivity index (χ0n) is 11.2. The van der Waals surface area contributed by atoms with E-state index in [1.807, 2.05) is 24.3 Å². The lowest BCUT2D eigenvalue weighted by atomic mass is 10.2. The van der Waals surface area contributed by atoms with Crippen LogP contribution in [0.15, 0.2) is 29.2 Å². The first-order valence-corrected chi connectivity index (χ1v) is 7.12. The van der Waals surface area contributed by atoms with Crippen molar-refractivity contribution in [2.75, 3.05) is 32.6 Å². The normalized spacial score (nSPS) is 11.8. The van der Waals surface area contributed by atoms with Crippen molar-refractivity contribution in [3.05, 3.63) is 29.8 Å². The van der Waals surface area contributed by atoms with Gasteiger partial charge in [0.2, 0.25) is 0 Å². The third kappa shape index (κ3) is 8.42. The van der Waals surface area contributed by atoms with Gasteiger partial charge in [0.05, 0.1) is 13.2 Å². The van der Waals surface area contributed by atoms with Crippen LogP contribution in [0.4, 0.5) is 13.2 Å². The van der Waals surface area contributed by atoms with Crippen LogP contribution >= 0.6 is 11.8 Å². The number of rotatable bonds is 9. The molecule has 0 bridgehead atoms. The zero-order valence-corrected chi connectivity index (χ0v) is 12.0. The Labute approximate surface area is 120 Å². The van der Waals surface area contributed by atoms with Gasteiger partial charge in [0, 0.05) is 30.8 Å². The van der Waals surface area contributed by atoms with Crippen LogP contribution in [0.25, 0.3) is 0 Å². The van der Waals surface area contributed by atoms with E-state index >= 15 is 0 Å². The summed E-state index contributed by atoms with van der Waals surface area (Å²) in [7, 11) is 1.64. The summed E-state index contributed by atoms with van der Waals surface area (Å²) in [6.45, 7) is 1.76. The molecule has 0 aliphatic carbocycles. The number of hydrogen-bond donors (Lipinski definition) is 1. The van der Waals surface area contributed by atoms with Gasteiger partial charge >= 0.3 is 6.36 Å².